The van der Waals surface area contributed by atoms with Crippen molar-refractivity contribution in [3.63, 3.8) is 0 Å². The summed E-state index contributed by atoms with van der Waals surface area (Å²) in [5.74, 6) is 0.610. The summed E-state index contributed by atoms with van der Waals surface area (Å²) < 4.78 is 1.56. The molecule has 0 radical (unpaired) electrons. The van der Waals surface area contributed by atoms with Gasteiger partial charge in [0, 0.05) is 6.54 Å². The van der Waals surface area contributed by atoms with Crippen LogP contribution in [0.15, 0.2) is 9.95 Å². The molecule has 0 aliphatic rings. The largest absolute Gasteiger partial charge is 0.374 e. The van der Waals surface area contributed by atoms with Gasteiger partial charge in [0.1, 0.15) is 5.01 Å². The van der Waals surface area contributed by atoms with E-state index in [9.17, 15) is 4.79 Å². The monoisotopic (exact) mass is 258 g/mol. The van der Waals surface area contributed by atoms with Crippen molar-refractivity contribution in [3.05, 3.63) is 15.5 Å². The van der Waals surface area contributed by atoms with Crippen molar-refractivity contribution in [2.24, 2.45) is 0 Å². The zero-order valence-electron chi connectivity index (χ0n) is 8.51. The summed E-state index contributed by atoms with van der Waals surface area (Å²) in [6.07, 6.45) is 0. The topological polar surface area (TPSA) is 102 Å². The van der Waals surface area contributed by atoms with Crippen LogP contribution in [0.1, 0.15) is 11.9 Å². The number of anilines is 1. The molecule has 7 nitrogen and oxygen atoms in total. The summed E-state index contributed by atoms with van der Waals surface area (Å²) >= 11 is 2.77. The molecule has 2 heterocycles. The second kappa shape index (κ2) is 4.66. The number of rotatable bonds is 4. The van der Waals surface area contributed by atoms with Gasteiger partial charge < -0.3 is 5.73 Å². The Morgan fingerprint density at radius 1 is 1.56 bits per heavy atom. The molecule has 16 heavy (non-hydrogen) atoms. The molecule has 0 saturated carbocycles. The molecule has 2 rings (SSSR count). The Morgan fingerprint density at radius 3 is 3.00 bits per heavy atom. The minimum atomic E-state index is -0.193. The number of aromatic nitrogens is 5. The summed E-state index contributed by atoms with van der Waals surface area (Å²) in [6, 6.07) is 0. The highest BCUT2D eigenvalue weighted by atomic mass is 32.2. The maximum absolute atomic E-state index is 11.3. The molecule has 0 aliphatic heterocycles. The third kappa shape index (κ3) is 2.25. The van der Waals surface area contributed by atoms with E-state index in [1.165, 1.54) is 23.1 Å². The lowest BCUT2D eigenvalue weighted by Gasteiger charge is -1.99. The van der Waals surface area contributed by atoms with Crippen LogP contribution in [0, 0.1) is 0 Å². The number of nitrogens with one attached hydrogen (secondary N) is 1. The number of hydrogen-bond acceptors (Lipinski definition) is 7. The molecular weight excluding hydrogens is 248 g/mol. The van der Waals surface area contributed by atoms with E-state index in [1.54, 1.807) is 4.57 Å². The van der Waals surface area contributed by atoms with E-state index in [-0.39, 0.29) is 5.69 Å². The molecule has 0 atom stereocenters. The van der Waals surface area contributed by atoms with Crippen LogP contribution in [-0.4, -0.2) is 25.0 Å². The molecule has 9 heteroatoms. The molecule has 0 aliphatic carbocycles. The molecule has 0 aromatic carbocycles. The first-order chi connectivity index (χ1) is 7.70. The van der Waals surface area contributed by atoms with Gasteiger partial charge in [0.15, 0.2) is 5.16 Å². The van der Waals surface area contributed by atoms with Crippen LogP contribution in [0.3, 0.4) is 0 Å². The first kappa shape index (κ1) is 11.1. The fourth-order valence-corrected chi connectivity index (χ4v) is 2.75. The minimum Gasteiger partial charge on any atom is -0.374 e. The third-order valence-corrected chi connectivity index (χ3v) is 3.77. The predicted molar refractivity (Wildman–Crippen MR) is 62.4 cm³/mol. The quantitative estimate of drug-likeness (QED) is 0.765. The van der Waals surface area contributed by atoms with Crippen molar-refractivity contribution in [2.45, 2.75) is 24.4 Å². The van der Waals surface area contributed by atoms with Crippen LogP contribution in [-0.2, 0) is 12.3 Å². The molecule has 0 bridgehead atoms. The predicted octanol–water partition coefficient (Wildman–Crippen LogP) is 0.317. The fraction of sp³-hybridized carbons (Fsp3) is 0.429. The summed E-state index contributed by atoms with van der Waals surface area (Å²) in [5.41, 5.74) is 5.27. The SMILES string of the molecule is CCn1c(SCc2nnc(N)s2)n[nH]c1=O. The number of nitrogens with zero attached hydrogens (tertiary/aromatic N) is 4. The number of H-pyrrole nitrogens is 1. The van der Waals surface area contributed by atoms with E-state index in [1.807, 2.05) is 6.92 Å². The normalized spacial score (nSPS) is 10.8. The van der Waals surface area contributed by atoms with E-state index in [4.69, 9.17) is 5.73 Å². The van der Waals surface area contributed by atoms with Gasteiger partial charge in [-0.05, 0) is 6.92 Å². The first-order valence-corrected chi connectivity index (χ1v) is 6.36. The summed E-state index contributed by atoms with van der Waals surface area (Å²) in [6.45, 7) is 2.49. The number of nitrogen functional groups attached to an aromatic ring is 1. The van der Waals surface area contributed by atoms with Gasteiger partial charge in [-0.2, -0.15) is 0 Å². The molecule has 2 aromatic heterocycles. The highest BCUT2D eigenvalue weighted by molar-refractivity contribution is 7.98. The Bertz CT molecular complexity index is 529. The molecule has 0 fully saturated rings. The van der Waals surface area contributed by atoms with E-state index < -0.39 is 0 Å². The Labute approximate surface area is 99.1 Å². The van der Waals surface area contributed by atoms with Gasteiger partial charge in [-0.3, -0.25) is 4.57 Å². The maximum atomic E-state index is 11.3. The van der Waals surface area contributed by atoms with Gasteiger partial charge in [-0.15, -0.1) is 15.3 Å². The first-order valence-electron chi connectivity index (χ1n) is 4.56. The van der Waals surface area contributed by atoms with E-state index in [2.05, 4.69) is 20.4 Å². The molecule has 3 N–H and O–H groups in total. The van der Waals surface area contributed by atoms with Crippen molar-refractivity contribution in [2.75, 3.05) is 5.73 Å². The van der Waals surface area contributed by atoms with Gasteiger partial charge in [-0.25, -0.2) is 9.89 Å². The van der Waals surface area contributed by atoms with Crippen molar-refractivity contribution < 1.29 is 0 Å². The lowest BCUT2D eigenvalue weighted by molar-refractivity contribution is 0.660. The molecule has 0 unspecified atom stereocenters. The molecule has 2 aromatic rings. The molecule has 0 spiro atoms. The zero-order chi connectivity index (χ0) is 11.5. The summed E-state index contributed by atoms with van der Waals surface area (Å²) in [4.78, 5) is 11.3. The van der Waals surface area contributed by atoms with Crippen molar-refractivity contribution in [1.29, 1.82) is 0 Å². The van der Waals surface area contributed by atoms with Crippen LogP contribution in [0.2, 0.25) is 0 Å². The zero-order valence-corrected chi connectivity index (χ0v) is 10.1. The Balaban J connectivity index is 2.07. The smallest absolute Gasteiger partial charge is 0.343 e. The van der Waals surface area contributed by atoms with Crippen LogP contribution in [0.25, 0.3) is 0 Å². The highest BCUT2D eigenvalue weighted by Crippen LogP contribution is 2.22. The Kier molecular flexibility index (Phi) is 3.25. The second-order valence-corrected chi connectivity index (χ2v) is 4.91. The van der Waals surface area contributed by atoms with E-state index >= 15 is 0 Å². The van der Waals surface area contributed by atoms with Crippen LogP contribution < -0.4 is 11.4 Å². The molecule has 0 amide bonds. The van der Waals surface area contributed by atoms with E-state index in [0.717, 1.165) is 5.01 Å². The standard InChI is InChI=1S/C7H10N6OS2/c1-2-13-6(14)11-12-7(13)15-3-4-9-10-5(8)16-4/h2-3H2,1H3,(H2,8,10)(H,11,14). The van der Waals surface area contributed by atoms with Crippen LogP contribution in [0.5, 0.6) is 0 Å². The molecular formula is C7H10N6OS2. The highest BCUT2D eigenvalue weighted by Gasteiger charge is 2.09. The van der Waals surface area contributed by atoms with Gasteiger partial charge in [0.25, 0.3) is 0 Å². The van der Waals surface area contributed by atoms with E-state index in [0.29, 0.717) is 22.6 Å². The van der Waals surface area contributed by atoms with Crippen LogP contribution >= 0.6 is 23.1 Å². The second-order valence-electron chi connectivity index (χ2n) is 2.88. The van der Waals surface area contributed by atoms with Crippen molar-refractivity contribution in [1.82, 2.24) is 25.0 Å². The number of aromatic amines is 1. The van der Waals surface area contributed by atoms with Gasteiger partial charge in [0.05, 0.1) is 5.75 Å². The summed E-state index contributed by atoms with van der Waals surface area (Å²) in [7, 11) is 0. The average molecular weight is 258 g/mol. The van der Waals surface area contributed by atoms with Crippen molar-refractivity contribution >= 4 is 28.2 Å². The van der Waals surface area contributed by atoms with Crippen LogP contribution in [0.4, 0.5) is 5.13 Å². The van der Waals surface area contributed by atoms with Crippen molar-refractivity contribution in [3.8, 4) is 0 Å². The number of hydrogen-bond donors (Lipinski definition) is 2. The van der Waals surface area contributed by atoms with Gasteiger partial charge >= 0.3 is 5.69 Å². The molecule has 86 valence electrons. The average Bonchev–Trinajstić information content (AvgIpc) is 2.82. The molecule has 0 saturated heterocycles. The minimum absolute atomic E-state index is 0.193. The Hall–Kier alpha value is -1.35. The van der Waals surface area contributed by atoms with Gasteiger partial charge in [0.2, 0.25) is 5.13 Å². The number of thioether (sulfide) groups is 1. The summed E-state index contributed by atoms with van der Waals surface area (Å²) in [5, 5.41) is 15.9. The Morgan fingerprint density at radius 2 is 2.38 bits per heavy atom. The lowest BCUT2D eigenvalue weighted by Crippen LogP contribution is -2.16. The number of nitrogens with two attached hydrogens (primary N) is 1. The fourth-order valence-electron chi connectivity index (χ4n) is 1.14. The lowest BCUT2D eigenvalue weighted by atomic mass is 10.7. The van der Waals surface area contributed by atoms with Gasteiger partial charge in [-0.1, -0.05) is 23.1 Å². The third-order valence-electron chi connectivity index (χ3n) is 1.85. The maximum Gasteiger partial charge on any atom is 0.343 e.